The summed E-state index contributed by atoms with van der Waals surface area (Å²) in [6.45, 7) is 5.01. The monoisotopic (exact) mass is 445 g/mol. The second-order valence-corrected chi connectivity index (χ2v) is 6.81. The van der Waals surface area contributed by atoms with E-state index in [0.29, 0.717) is 6.54 Å². The highest BCUT2D eigenvalue weighted by Crippen LogP contribution is 2.22. The van der Waals surface area contributed by atoms with Gasteiger partial charge in [-0.3, -0.25) is 9.59 Å². The van der Waals surface area contributed by atoms with Crippen LogP contribution in [-0.4, -0.2) is 74.4 Å². The summed E-state index contributed by atoms with van der Waals surface area (Å²) in [6.07, 6.45) is 8.79. The van der Waals surface area contributed by atoms with Gasteiger partial charge in [-0.15, -0.1) is 0 Å². The van der Waals surface area contributed by atoms with Crippen molar-refractivity contribution in [2.75, 3.05) is 27.2 Å². The molecule has 1 aromatic carbocycles. The van der Waals surface area contributed by atoms with Crippen molar-refractivity contribution in [2.24, 2.45) is 0 Å². The number of nitrogens with zero attached hydrogens (tertiary/aromatic N) is 5. The minimum absolute atomic E-state index is 0.250. The smallest absolute Gasteiger partial charge is 0.290 e. The molecule has 0 bridgehead atoms. The summed E-state index contributed by atoms with van der Waals surface area (Å²) in [5, 5.41) is 13.8. The number of hydrogen-bond donors (Lipinski definition) is 2. The third-order valence-electron chi connectivity index (χ3n) is 4.23. The molecule has 0 aliphatic heterocycles. The van der Waals surface area contributed by atoms with Crippen LogP contribution in [0.5, 0.6) is 5.75 Å². The Morgan fingerprint density at radius 3 is 2.31 bits per heavy atom. The van der Waals surface area contributed by atoms with Gasteiger partial charge in [0.2, 0.25) is 0 Å². The van der Waals surface area contributed by atoms with Crippen LogP contribution in [0.15, 0.2) is 49.2 Å². The molecule has 10 heteroatoms. The third kappa shape index (κ3) is 9.43. The van der Waals surface area contributed by atoms with Crippen LogP contribution < -0.4 is 4.74 Å². The number of carbonyl (C=O) groups is 2. The lowest BCUT2D eigenvalue weighted by molar-refractivity contribution is -0.123. The van der Waals surface area contributed by atoms with Crippen LogP contribution in [0.1, 0.15) is 19.0 Å². The van der Waals surface area contributed by atoms with E-state index in [-0.39, 0.29) is 12.9 Å². The molecule has 32 heavy (non-hydrogen) atoms. The van der Waals surface area contributed by atoms with E-state index in [1.807, 2.05) is 30.9 Å². The van der Waals surface area contributed by atoms with Crippen molar-refractivity contribution in [2.45, 2.75) is 26.4 Å². The summed E-state index contributed by atoms with van der Waals surface area (Å²) < 4.78 is 10.0. The molecule has 2 N–H and O–H groups in total. The number of benzene rings is 1. The maximum atomic E-state index is 8.36. The van der Waals surface area contributed by atoms with E-state index in [2.05, 4.69) is 63.4 Å². The molecule has 0 unspecified atom stereocenters. The highest BCUT2D eigenvalue weighted by Gasteiger charge is 2.08. The Bertz CT molecular complexity index is 900. The number of hydrogen-bond acceptors (Lipinski definition) is 6. The summed E-state index contributed by atoms with van der Waals surface area (Å²) in [5.41, 5.74) is 2.11. The maximum absolute atomic E-state index is 8.36. The highest BCUT2D eigenvalue weighted by atomic mass is 16.5. The Morgan fingerprint density at radius 1 is 1.09 bits per heavy atom. The predicted molar refractivity (Wildman–Crippen MR) is 121 cm³/mol. The molecule has 0 fully saturated rings. The van der Waals surface area contributed by atoms with Crippen molar-refractivity contribution in [3.05, 3.63) is 54.9 Å². The van der Waals surface area contributed by atoms with Crippen LogP contribution in [-0.2, 0) is 22.7 Å². The first-order chi connectivity index (χ1) is 15.5. The van der Waals surface area contributed by atoms with E-state index in [0.717, 1.165) is 48.9 Å². The number of carboxylic acid groups (broad SMARTS) is 2. The second-order valence-electron chi connectivity index (χ2n) is 6.81. The Balaban J connectivity index is 0.000000769. The Kier molecular flexibility index (Phi) is 12.5. The minimum Gasteiger partial charge on any atom is -0.494 e. The van der Waals surface area contributed by atoms with Gasteiger partial charge < -0.3 is 29.0 Å². The maximum Gasteiger partial charge on any atom is 0.290 e. The van der Waals surface area contributed by atoms with Crippen molar-refractivity contribution in [3.8, 4) is 17.1 Å². The van der Waals surface area contributed by atoms with Gasteiger partial charge in [-0.1, -0.05) is 0 Å². The van der Waals surface area contributed by atoms with Crippen LogP contribution in [0.25, 0.3) is 11.4 Å². The first-order valence-electron chi connectivity index (χ1n) is 10.0. The summed E-state index contributed by atoms with van der Waals surface area (Å²) in [6, 6.07) is 8.14. The van der Waals surface area contributed by atoms with Crippen LogP contribution in [0.4, 0.5) is 0 Å². The van der Waals surface area contributed by atoms with E-state index in [1.54, 1.807) is 0 Å². The summed E-state index contributed by atoms with van der Waals surface area (Å²) in [4.78, 5) is 27.9. The second kappa shape index (κ2) is 15.2. The summed E-state index contributed by atoms with van der Waals surface area (Å²) >= 11 is 0. The van der Waals surface area contributed by atoms with Crippen molar-refractivity contribution in [1.82, 2.24) is 24.0 Å². The van der Waals surface area contributed by atoms with E-state index in [1.165, 1.54) is 0 Å². The molecule has 0 saturated heterocycles. The number of aryl methyl sites for hydroxylation is 1. The largest absolute Gasteiger partial charge is 0.494 e. The van der Waals surface area contributed by atoms with Gasteiger partial charge in [0, 0.05) is 37.2 Å². The van der Waals surface area contributed by atoms with Crippen LogP contribution in [0, 0.1) is 0 Å². The zero-order valence-electron chi connectivity index (χ0n) is 18.7. The van der Waals surface area contributed by atoms with Crippen molar-refractivity contribution in [3.63, 3.8) is 0 Å². The zero-order chi connectivity index (χ0) is 23.8. The van der Waals surface area contributed by atoms with Gasteiger partial charge >= 0.3 is 0 Å². The lowest BCUT2D eigenvalue weighted by Crippen LogP contribution is -2.15. The first kappa shape index (κ1) is 26.4. The van der Waals surface area contributed by atoms with E-state index in [9.17, 15) is 0 Å². The van der Waals surface area contributed by atoms with E-state index >= 15 is 0 Å². The number of ether oxygens (including phenoxy) is 1. The van der Waals surface area contributed by atoms with Gasteiger partial charge in [-0.05, 0) is 51.7 Å². The Hall–Kier alpha value is -3.66. The quantitative estimate of drug-likeness (QED) is 0.381. The summed E-state index contributed by atoms with van der Waals surface area (Å²) in [5.74, 6) is 1.84. The molecule has 0 aliphatic carbocycles. The van der Waals surface area contributed by atoms with Crippen LogP contribution in [0.3, 0.4) is 0 Å². The fourth-order valence-corrected chi connectivity index (χ4v) is 2.80. The summed E-state index contributed by atoms with van der Waals surface area (Å²) in [7, 11) is 4.15. The van der Waals surface area contributed by atoms with Crippen molar-refractivity contribution >= 4 is 12.9 Å². The first-order valence-corrected chi connectivity index (χ1v) is 10.0. The molecule has 0 spiro atoms. The molecule has 10 nitrogen and oxygen atoms in total. The minimum atomic E-state index is -0.250. The van der Waals surface area contributed by atoms with Gasteiger partial charge in [-0.2, -0.15) is 0 Å². The molecule has 0 aliphatic rings. The molecule has 174 valence electrons. The van der Waals surface area contributed by atoms with E-state index in [4.69, 9.17) is 24.5 Å². The van der Waals surface area contributed by atoms with Gasteiger partial charge in [0.15, 0.2) is 0 Å². The molecule has 0 radical (unpaired) electrons. The molecule has 2 heterocycles. The Labute approximate surface area is 187 Å². The molecular formula is C22H31N5O5. The lowest BCUT2D eigenvalue weighted by atomic mass is 10.2. The van der Waals surface area contributed by atoms with Crippen LogP contribution >= 0.6 is 0 Å². The zero-order valence-corrected chi connectivity index (χ0v) is 18.7. The fourth-order valence-electron chi connectivity index (χ4n) is 2.80. The average Bonchev–Trinajstić information content (AvgIpc) is 3.42. The highest BCUT2D eigenvalue weighted by molar-refractivity contribution is 5.57. The lowest BCUT2D eigenvalue weighted by Gasteiger charge is -2.11. The SMILES string of the molecule is CCn1cnc(Cn2ccnc2-c2ccc(OCCCN(C)C)cc2)c1.O=CO.O=CO. The molecule has 0 atom stereocenters. The number of imidazole rings is 2. The topological polar surface area (TPSA) is 123 Å². The third-order valence-corrected chi connectivity index (χ3v) is 4.23. The van der Waals surface area contributed by atoms with Crippen LogP contribution in [0.2, 0.25) is 0 Å². The molecule has 0 saturated carbocycles. The van der Waals surface area contributed by atoms with Gasteiger partial charge in [0.05, 0.1) is 25.2 Å². The van der Waals surface area contributed by atoms with Gasteiger partial charge in [0.1, 0.15) is 11.6 Å². The van der Waals surface area contributed by atoms with Crippen molar-refractivity contribution < 1.29 is 24.5 Å². The normalized spacial score (nSPS) is 9.88. The molecule has 2 aromatic heterocycles. The molecule has 3 rings (SSSR count). The molecule has 0 amide bonds. The number of rotatable bonds is 9. The van der Waals surface area contributed by atoms with Gasteiger partial charge in [-0.25, -0.2) is 9.97 Å². The molecular weight excluding hydrogens is 414 g/mol. The van der Waals surface area contributed by atoms with E-state index < -0.39 is 0 Å². The predicted octanol–water partition coefficient (Wildman–Crippen LogP) is 2.55. The Morgan fingerprint density at radius 2 is 1.75 bits per heavy atom. The van der Waals surface area contributed by atoms with Gasteiger partial charge in [0.25, 0.3) is 12.9 Å². The molecule has 3 aromatic rings. The fraction of sp³-hybridized carbons (Fsp3) is 0.364. The average molecular weight is 446 g/mol. The number of aromatic nitrogens is 4. The standard InChI is InChI=1S/C20H27N5O.2CH2O2/c1-4-24-14-18(22-16-24)15-25-12-10-21-20(25)17-6-8-19(9-7-17)26-13-5-11-23(2)3;2*2-1-3/h6-10,12,14,16H,4-5,11,13,15H2,1-3H3;2*1H,(H,2,3). The van der Waals surface area contributed by atoms with Crippen molar-refractivity contribution in [1.29, 1.82) is 0 Å².